The predicted octanol–water partition coefficient (Wildman–Crippen LogP) is 4.04. The molecule has 1 aliphatic rings. The van der Waals surface area contributed by atoms with Crippen molar-refractivity contribution in [2.75, 3.05) is 19.3 Å². The first-order chi connectivity index (χ1) is 9.13. The Bertz CT molecular complexity index is 442. The van der Waals surface area contributed by atoms with Crippen LogP contribution in [0.15, 0.2) is 29.2 Å². The molecule has 2 rings (SSSR count). The number of amides is 1. The second-order valence-electron chi connectivity index (χ2n) is 5.01. The average molecular weight is 342 g/mol. The molecule has 0 aliphatic carbocycles. The van der Waals surface area contributed by atoms with Crippen molar-refractivity contribution >= 4 is 33.6 Å². The molecule has 2 nitrogen and oxygen atoms in total. The number of carbonyl (C=O) groups is 1. The van der Waals surface area contributed by atoms with Crippen molar-refractivity contribution in [1.82, 2.24) is 4.90 Å². The summed E-state index contributed by atoms with van der Waals surface area (Å²) in [6, 6.07) is 7.89. The third-order valence-electron chi connectivity index (χ3n) is 3.81. The summed E-state index contributed by atoms with van der Waals surface area (Å²) < 4.78 is 0. The number of hydrogen-bond acceptors (Lipinski definition) is 2. The number of carbonyl (C=O) groups excluding carboxylic acids is 1. The largest absolute Gasteiger partial charge is 0.339 e. The van der Waals surface area contributed by atoms with Crippen LogP contribution in [0.1, 0.15) is 30.1 Å². The number of alkyl halides is 1. The highest BCUT2D eigenvalue weighted by Crippen LogP contribution is 2.27. The predicted molar refractivity (Wildman–Crippen MR) is 85.2 cm³/mol. The Morgan fingerprint density at radius 1 is 1.37 bits per heavy atom. The zero-order valence-corrected chi connectivity index (χ0v) is 13.8. The van der Waals surface area contributed by atoms with E-state index in [1.54, 1.807) is 11.8 Å². The van der Waals surface area contributed by atoms with E-state index in [-0.39, 0.29) is 5.91 Å². The number of hydrogen-bond donors (Lipinski definition) is 0. The van der Waals surface area contributed by atoms with Gasteiger partial charge in [0.25, 0.3) is 5.91 Å². The first kappa shape index (κ1) is 14.9. The monoisotopic (exact) mass is 341 g/mol. The van der Waals surface area contributed by atoms with Gasteiger partial charge in [0.05, 0.1) is 5.56 Å². The first-order valence-electron chi connectivity index (χ1n) is 6.70. The van der Waals surface area contributed by atoms with Gasteiger partial charge >= 0.3 is 0 Å². The Hall–Kier alpha value is -0.480. The summed E-state index contributed by atoms with van der Waals surface area (Å²) >= 11 is 5.29. The molecular formula is C15H20BrNOS. The maximum Gasteiger partial charge on any atom is 0.254 e. The van der Waals surface area contributed by atoms with Crippen LogP contribution in [0.5, 0.6) is 0 Å². The van der Waals surface area contributed by atoms with Gasteiger partial charge in [-0.1, -0.05) is 35.0 Å². The number of nitrogens with zero attached hydrogens (tertiary/aromatic N) is 1. The van der Waals surface area contributed by atoms with Crippen molar-refractivity contribution in [2.24, 2.45) is 5.92 Å². The minimum atomic E-state index is 0.186. The molecule has 0 saturated carbocycles. The van der Waals surface area contributed by atoms with Crippen molar-refractivity contribution in [1.29, 1.82) is 0 Å². The summed E-state index contributed by atoms with van der Waals surface area (Å²) in [4.78, 5) is 16.2. The van der Waals surface area contributed by atoms with Crippen molar-refractivity contribution in [3.05, 3.63) is 29.8 Å². The number of thioether (sulfide) groups is 1. The molecule has 1 unspecified atom stereocenters. The molecule has 1 fully saturated rings. The highest BCUT2D eigenvalue weighted by molar-refractivity contribution is 9.09. The lowest BCUT2D eigenvalue weighted by atomic mass is 9.94. The number of halogens is 1. The van der Waals surface area contributed by atoms with Gasteiger partial charge < -0.3 is 4.90 Å². The van der Waals surface area contributed by atoms with E-state index in [0.717, 1.165) is 36.4 Å². The fourth-order valence-corrected chi connectivity index (χ4v) is 3.67. The van der Waals surface area contributed by atoms with E-state index in [1.165, 1.54) is 0 Å². The third-order valence-corrected chi connectivity index (χ3v) is 5.36. The smallest absolute Gasteiger partial charge is 0.254 e. The van der Waals surface area contributed by atoms with Gasteiger partial charge in [0.2, 0.25) is 0 Å². The second-order valence-corrected chi connectivity index (χ2v) is 7.30. The molecule has 1 atom stereocenters. The summed E-state index contributed by atoms with van der Waals surface area (Å²) in [5, 5.41) is 0. The fraction of sp³-hybridized carbons (Fsp3) is 0.533. The van der Waals surface area contributed by atoms with Gasteiger partial charge in [0.1, 0.15) is 0 Å². The average Bonchev–Trinajstić information content (AvgIpc) is 2.46. The second kappa shape index (κ2) is 6.80. The topological polar surface area (TPSA) is 20.3 Å². The zero-order chi connectivity index (χ0) is 13.8. The number of benzene rings is 1. The molecule has 1 heterocycles. The van der Waals surface area contributed by atoms with Crippen LogP contribution in [0.2, 0.25) is 0 Å². The maximum absolute atomic E-state index is 12.6. The fourth-order valence-electron chi connectivity index (χ4n) is 2.55. The van der Waals surface area contributed by atoms with Crippen LogP contribution >= 0.6 is 27.7 Å². The molecule has 19 heavy (non-hydrogen) atoms. The molecule has 1 aliphatic heterocycles. The quantitative estimate of drug-likeness (QED) is 0.610. The molecule has 0 N–H and O–H groups in total. The summed E-state index contributed by atoms with van der Waals surface area (Å²) in [6.45, 7) is 3.95. The highest BCUT2D eigenvalue weighted by Gasteiger charge is 2.26. The minimum Gasteiger partial charge on any atom is -0.339 e. The van der Waals surface area contributed by atoms with Crippen LogP contribution in [0.25, 0.3) is 0 Å². The lowest BCUT2D eigenvalue weighted by Crippen LogP contribution is -2.40. The number of likely N-dealkylation sites (tertiary alicyclic amines) is 1. The molecule has 4 heteroatoms. The summed E-state index contributed by atoms with van der Waals surface area (Å²) in [5.41, 5.74) is 0.848. The van der Waals surface area contributed by atoms with Crippen LogP contribution < -0.4 is 0 Å². The molecule has 0 spiro atoms. The molecule has 1 aromatic carbocycles. The van der Waals surface area contributed by atoms with E-state index in [2.05, 4.69) is 22.9 Å². The maximum atomic E-state index is 12.6. The highest BCUT2D eigenvalue weighted by atomic mass is 79.9. The van der Waals surface area contributed by atoms with Gasteiger partial charge in [-0.2, -0.15) is 0 Å². The molecule has 1 saturated heterocycles. The van der Waals surface area contributed by atoms with Crippen LogP contribution in [-0.2, 0) is 0 Å². The van der Waals surface area contributed by atoms with Crippen LogP contribution in [0, 0.1) is 5.92 Å². The Morgan fingerprint density at radius 2 is 2.00 bits per heavy atom. The summed E-state index contributed by atoms with van der Waals surface area (Å²) in [7, 11) is 0. The van der Waals surface area contributed by atoms with E-state index in [1.807, 2.05) is 35.4 Å². The first-order valence-corrected chi connectivity index (χ1v) is 8.84. The Balaban J connectivity index is 2.05. The van der Waals surface area contributed by atoms with Gasteiger partial charge in [0, 0.05) is 22.8 Å². The number of piperidine rings is 1. The third kappa shape index (κ3) is 3.54. The van der Waals surface area contributed by atoms with Crippen molar-refractivity contribution in [2.45, 2.75) is 29.5 Å². The Labute approximate surface area is 128 Å². The molecule has 0 bridgehead atoms. The molecular weight excluding hydrogens is 322 g/mol. The van der Waals surface area contributed by atoms with E-state index in [9.17, 15) is 4.79 Å². The van der Waals surface area contributed by atoms with Gasteiger partial charge in [-0.15, -0.1) is 11.8 Å². The van der Waals surface area contributed by atoms with E-state index < -0.39 is 0 Å². The molecule has 1 amide bonds. The molecule has 0 aromatic heterocycles. The van der Waals surface area contributed by atoms with Crippen molar-refractivity contribution < 1.29 is 4.79 Å². The van der Waals surface area contributed by atoms with Crippen LogP contribution in [0.4, 0.5) is 0 Å². The Kier molecular flexibility index (Phi) is 5.34. The van der Waals surface area contributed by atoms with Gasteiger partial charge in [-0.3, -0.25) is 4.79 Å². The van der Waals surface area contributed by atoms with Gasteiger partial charge in [-0.05, 0) is 37.1 Å². The van der Waals surface area contributed by atoms with E-state index in [0.29, 0.717) is 10.7 Å². The lowest BCUT2D eigenvalue weighted by Gasteiger charge is -2.33. The minimum absolute atomic E-state index is 0.186. The lowest BCUT2D eigenvalue weighted by molar-refractivity contribution is 0.0688. The standard InChI is InChI=1S/C15H20BrNOS/c1-11(16)12-7-9-17(10-8-12)15(18)13-5-3-4-6-14(13)19-2/h3-6,11-12H,7-10H2,1-2H3. The molecule has 0 radical (unpaired) electrons. The van der Waals surface area contributed by atoms with E-state index >= 15 is 0 Å². The normalized spacial score (nSPS) is 18.4. The van der Waals surface area contributed by atoms with Crippen LogP contribution in [0.3, 0.4) is 0 Å². The van der Waals surface area contributed by atoms with Crippen LogP contribution in [-0.4, -0.2) is 35.0 Å². The van der Waals surface area contributed by atoms with Gasteiger partial charge in [-0.25, -0.2) is 0 Å². The molecule has 1 aromatic rings. The zero-order valence-electron chi connectivity index (χ0n) is 11.4. The Morgan fingerprint density at radius 3 is 2.58 bits per heavy atom. The van der Waals surface area contributed by atoms with Crippen molar-refractivity contribution in [3.63, 3.8) is 0 Å². The summed E-state index contributed by atoms with van der Waals surface area (Å²) in [6.07, 6.45) is 4.21. The SMILES string of the molecule is CSc1ccccc1C(=O)N1CCC(C(C)Br)CC1. The van der Waals surface area contributed by atoms with Gasteiger partial charge in [0.15, 0.2) is 0 Å². The van der Waals surface area contributed by atoms with Crippen molar-refractivity contribution in [3.8, 4) is 0 Å². The van der Waals surface area contributed by atoms with E-state index in [4.69, 9.17) is 0 Å². The number of rotatable bonds is 3. The summed E-state index contributed by atoms with van der Waals surface area (Å²) in [5.74, 6) is 0.880. The molecule has 104 valence electrons.